The van der Waals surface area contributed by atoms with Crippen molar-refractivity contribution in [3.05, 3.63) is 34.3 Å². The molecule has 1 aliphatic carbocycles. The maximum absolute atomic E-state index is 11.1. The highest BCUT2D eigenvalue weighted by atomic mass is 79.9. The molecule has 18 heavy (non-hydrogen) atoms. The number of amides is 1. The van der Waals surface area contributed by atoms with Crippen molar-refractivity contribution in [2.75, 3.05) is 13.6 Å². The molecular formula is C14H19BrN2O. The Morgan fingerprint density at radius 3 is 2.61 bits per heavy atom. The Bertz CT molecular complexity index is 399. The molecule has 0 spiro atoms. The van der Waals surface area contributed by atoms with Crippen LogP contribution in [0.3, 0.4) is 0 Å². The van der Waals surface area contributed by atoms with Gasteiger partial charge in [0.2, 0.25) is 5.91 Å². The van der Waals surface area contributed by atoms with E-state index in [1.165, 1.54) is 18.4 Å². The van der Waals surface area contributed by atoms with Crippen LogP contribution in [0.1, 0.15) is 30.7 Å². The lowest BCUT2D eigenvalue weighted by Crippen LogP contribution is -2.41. The molecule has 1 aromatic rings. The number of rotatable bonds is 5. The van der Waals surface area contributed by atoms with Crippen LogP contribution >= 0.6 is 15.9 Å². The fourth-order valence-corrected chi connectivity index (χ4v) is 2.57. The molecule has 1 aromatic carbocycles. The second kappa shape index (κ2) is 6.34. The number of hydrogen-bond donors (Lipinski definition) is 2. The maximum atomic E-state index is 11.1. The molecule has 0 aromatic heterocycles. The summed E-state index contributed by atoms with van der Waals surface area (Å²) in [5, 5.41) is 6.06. The molecule has 1 aliphatic rings. The van der Waals surface area contributed by atoms with Gasteiger partial charge in [0.15, 0.2) is 0 Å². The minimum absolute atomic E-state index is 0.103. The fraction of sp³-hybridized carbons (Fsp3) is 0.500. The summed E-state index contributed by atoms with van der Waals surface area (Å²) < 4.78 is 1.13. The highest BCUT2D eigenvalue weighted by Crippen LogP contribution is 2.37. The van der Waals surface area contributed by atoms with Crippen molar-refractivity contribution in [3.63, 3.8) is 0 Å². The first-order chi connectivity index (χ1) is 8.69. The second-order valence-electron chi connectivity index (χ2n) is 4.79. The fourth-order valence-electron chi connectivity index (χ4n) is 2.31. The van der Waals surface area contributed by atoms with Crippen molar-refractivity contribution in [1.29, 1.82) is 0 Å². The Hall–Kier alpha value is -0.870. The minimum Gasteiger partial charge on any atom is -0.359 e. The Morgan fingerprint density at radius 1 is 1.33 bits per heavy atom. The van der Waals surface area contributed by atoms with Crippen LogP contribution in [0.5, 0.6) is 0 Å². The van der Waals surface area contributed by atoms with E-state index in [1.807, 2.05) is 0 Å². The smallest absolute Gasteiger partial charge is 0.221 e. The van der Waals surface area contributed by atoms with Gasteiger partial charge in [0.1, 0.15) is 0 Å². The summed E-state index contributed by atoms with van der Waals surface area (Å²) in [6.07, 6.45) is 2.92. The van der Waals surface area contributed by atoms with E-state index in [0.717, 1.165) is 11.0 Å². The number of carbonyl (C=O) groups excluding carboxylic acids is 1. The Balaban J connectivity index is 1.67. The van der Waals surface area contributed by atoms with Crippen LogP contribution in [0.15, 0.2) is 28.7 Å². The van der Waals surface area contributed by atoms with E-state index < -0.39 is 0 Å². The molecular weight excluding hydrogens is 292 g/mol. The zero-order chi connectivity index (χ0) is 13.0. The van der Waals surface area contributed by atoms with Gasteiger partial charge in [0.25, 0.3) is 0 Å². The van der Waals surface area contributed by atoms with E-state index in [4.69, 9.17) is 0 Å². The van der Waals surface area contributed by atoms with Crippen LogP contribution < -0.4 is 10.6 Å². The van der Waals surface area contributed by atoms with Crippen molar-refractivity contribution >= 4 is 21.8 Å². The van der Waals surface area contributed by atoms with Crippen LogP contribution in [-0.2, 0) is 4.79 Å². The van der Waals surface area contributed by atoms with Gasteiger partial charge in [-0.3, -0.25) is 4.79 Å². The molecule has 98 valence electrons. The summed E-state index contributed by atoms with van der Waals surface area (Å²) >= 11 is 3.45. The van der Waals surface area contributed by atoms with Gasteiger partial charge in [-0.15, -0.1) is 0 Å². The summed E-state index contributed by atoms with van der Waals surface area (Å²) in [6.45, 7) is 0.775. The van der Waals surface area contributed by atoms with Gasteiger partial charge in [0.05, 0.1) is 0 Å². The van der Waals surface area contributed by atoms with Crippen LogP contribution in [0.25, 0.3) is 0 Å². The van der Waals surface area contributed by atoms with Crippen molar-refractivity contribution in [2.45, 2.75) is 31.2 Å². The second-order valence-corrected chi connectivity index (χ2v) is 5.71. The molecule has 2 N–H and O–H groups in total. The van der Waals surface area contributed by atoms with Crippen molar-refractivity contribution in [2.24, 2.45) is 0 Å². The average molecular weight is 311 g/mol. The summed E-state index contributed by atoms with van der Waals surface area (Å²) in [7, 11) is 1.68. The lowest BCUT2D eigenvalue weighted by Gasteiger charge is -2.36. The van der Waals surface area contributed by atoms with Crippen molar-refractivity contribution in [3.8, 4) is 0 Å². The standard InChI is InChI=1S/C14H19BrN2O/c1-16-14(18)6-7-17-13-8-11(9-13)10-2-4-12(15)5-3-10/h2-5,11,13,17H,6-9H2,1H3,(H,16,18). The lowest BCUT2D eigenvalue weighted by atomic mass is 9.76. The molecule has 3 nitrogen and oxygen atoms in total. The highest BCUT2D eigenvalue weighted by molar-refractivity contribution is 9.10. The molecule has 0 aliphatic heterocycles. The number of hydrogen-bond acceptors (Lipinski definition) is 2. The molecule has 1 amide bonds. The maximum Gasteiger partial charge on any atom is 0.221 e. The summed E-state index contributed by atoms with van der Waals surface area (Å²) in [4.78, 5) is 11.1. The van der Waals surface area contributed by atoms with Crippen LogP contribution in [-0.4, -0.2) is 25.5 Å². The Kier molecular flexibility index (Phi) is 4.78. The largest absolute Gasteiger partial charge is 0.359 e. The highest BCUT2D eigenvalue weighted by Gasteiger charge is 2.29. The monoisotopic (exact) mass is 310 g/mol. The topological polar surface area (TPSA) is 41.1 Å². The Morgan fingerprint density at radius 2 is 2.00 bits per heavy atom. The zero-order valence-corrected chi connectivity index (χ0v) is 12.2. The third-order valence-corrected chi connectivity index (χ3v) is 4.07. The number of halogens is 1. The van der Waals surface area contributed by atoms with E-state index in [1.54, 1.807) is 7.05 Å². The SMILES string of the molecule is CNC(=O)CCNC1CC(c2ccc(Br)cc2)C1. The summed E-state index contributed by atoms with van der Waals surface area (Å²) in [5.74, 6) is 0.780. The summed E-state index contributed by atoms with van der Waals surface area (Å²) in [5.41, 5.74) is 1.42. The molecule has 0 unspecified atom stereocenters. The van der Waals surface area contributed by atoms with Gasteiger partial charge < -0.3 is 10.6 Å². The Labute approximate surface area is 116 Å². The number of benzene rings is 1. The van der Waals surface area contributed by atoms with E-state index in [9.17, 15) is 4.79 Å². The number of nitrogens with one attached hydrogen (secondary N) is 2. The van der Waals surface area contributed by atoms with Gasteiger partial charge in [0, 0.05) is 30.5 Å². The predicted molar refractivity (Wildman–Crippen MR) is 76.6 cm³/mol. The molecule has 2 rings (SSSR count). The van der Waals surface area contributed by atoms with Gasteiger partial charge in [-0.2, -0.15) is 0 Å². The van der Waals surface area contributed by atoms with E-state index >= 15 is 0 Å². The summed E-state index contributed by atoms with van der Waals surface area (Å²) in [6, 6.07) is 9.15. The van der Waals surface area contributed by atoms with Crippen LogP contribution in [0, 0.1) is 0 Å². The lowest BCUT2D eigenvalue weighted by molar-refractivity contribution is -0.120. The minimum atomic E-state index is 0.103. The van der Waals surface area contributed by atoms with Gasteiger partial charge in [-0.25, -0.2) is 0 Å². The first-order valence-corrected chi connectivity index (χ1v) is 7.17. The first kappa shape index (κ1) is 13.6. The first-order valence-electron chi connectivity index (χ1n) is 6.38. The zero-order valence-electron chi connectivity index (χ0n) is 10.6. The third kappa shape index (κ3) is 3.56. The van der Waals surface area contributed by atoms with E-state index in [2.05, 4.69) is 50.8 Å². The molecule has 0 bridgehead atoms. The van der Waals surface area contributed by atoms with E-state index in [0.29, 0.717) is 18.4 Å². The van der Waals surface area contributed by atoms with Gasteiger partial charge >= 0.3 is 0 Å². The molecule has 4 heteroatoms. The molecule has 0 radical (unpaired) electrons. The van der Waals surface area contributed by atoms with Crippen molar-refractivity contribution in [1.82, 2.24) is 10.6 Å². The van der Waals surface area contributed by atoms with Crippen LogP contribution in [0.2, 0.25) is 0 Å². The van der Waals surface area contributed by atoms with Crippen LogP contribution in [0.4, 0.5) is 0 Å². The molecule has 1 saturated carbocycles. The van der Waals surface area contributed by atoms with Crippen molar-refractivity contribution < 1.29 is 4.79 Å². The third-order valence-electron chi connectivity index (χ3n) is 3.54. The molecule has 0 atom stereocenters. The van der Waals surface area contributed by atoms with Gasteiger partial charge in [-0.05, 0) is 36.5 Å². The molecule has 0 saturated heterocycles. The average Bonchev–Trinajstić information content (AvgIpc) is 2.33. The van der Waals surface area contributed by atoms with E-state index in [-0.39, 0.29) is 5.91 Å². The molecule has 0 heterocycles. The molecule has 1 fully saturated rings. The predicted octanol–water partition coefficient (Wildman–Crippen LogP) is 2.42. The number of carbonyl (C=O) groups is 1. The van der Waals surface area contributed by atoms with Gasteiger partial charge in [-0.1, -0.05) is 28.1 Å². The normalized spacial score (nSPS) is 22.3. The quantitative estimate of drug-likeness (QED) is 0.877.